The summed E-state index contributed by atoms with van der Waals surface area (Å²) in [7, 11) is 0. The van der Waals surface area contributed by atoms with Gasteiger partial charge in [-0.1, -0.05) is 13.5 Å². The molecule has 0 aromatic heterocycles. The normalized spacial score (nSPS) is 22.3. The van der Waals surface area contributed by atoms with E-state index in [1.54, 1.807) is 0 Å². The van der Waals surface area contributed by atoms with Gasteiger partial charge in [-0.2, -0.15) is 0 Å². The van der Waals surface area contributed by atoms with Crippen molar-refractivity contribution in [3.63, 3.8) is 0 Å². The van der Waals surface area contributed by atoms with E-state index in [2.05, 4.69) is 30.2 Å². The molecule has 0 aliphatic carbocycles. The van der Waals surface area contributed by atoms with Gasteiger partial charge in [0.15, 0.2) is 0 Å². The summed E-state index contributed by atoms with van der Waals surface area (Å²) in [4.78, 5) is 4.85. The van der Waals surface area contributed by atoms with Crippen molar-refractivity contribution >= 4 is 0 Å². The van der Waals surface area contributed by atoms with Crippen LogP contribution in [0.3, 0.4) is 0 Å². The van der Waals surface area contributed by atoms with Crippen molar-refractivity contribution in [2.45, 2.75) is 26.3 Å². The first-order valence-corrected chi connectivity index (χ1v) is 4.88. The number of piperazine rings is 1. The van der Waals surface area contributed by atoms with Crippen LogP contribution in [-0.2, 0) is 0 Å². The Morgan fingerprint density at radius 1 is 1.33 bits per heavy atom. The highest BCUT2D eigenvalue weighted by Gasteiger charge is 2.17. The van der Waals surface area contributed by atoms with Crippen molar-refractivity contribution in [3.8, 4) is 0 Å². The molecule has 0 bridgehead atoms. The van der Waals surface area contributed by atoms with E-state index in [0.29, 0.717) is 0 Å². The van der Waals surface area contributed by atoms with Crippen LogP contribution in [0.5, 0.6) is 0 Å². The zero-order chi connectivity index (χ0) is 8.97. The van der Waals surface area contributed by atoms with Gasteiger partial charge in [-0.25, -0.2) is 0 Å². The van der Waals surface area contributed by atoms with Crippen LogP contribution >= 0.6 is 0 Å². The lowest BCUT2D eigenvalue weighted by atomic mass is 10.2. The average molecular weight is 168 g/mol. The molecule has 0 amide bonds. The molecule has 0 aromatic carbocycles. The summed E-state index contributed by atoms with van der Waals surface area (Å²) in [5.74, 6) is 0. The average Bonchev–Trinajstić information content (AvgIpc) is 2.17. The van der Waals surface area contributed by atoms with E-state index >= 15 is 0 Å². The zero-order valence-corrected chi connectivity index (χ0v) is 8.29. The molecule has 0 spiro atoms. The molecule has 1 fully saturated rings. The van der Waals surface area contributed by atoms with E-state index in [4.69, 9.17) is 0 Å². The highest BCUT2D eigenvalue weighted by Crippen LogP contribution is 2.08. The van der Waals surface area contributed by atoms with Gasteiger partial charge in [-0.15, -0.1) is 0 Å². The van der Waals surface area contributed by atoms with Gasteiger partial charge in [0.05, 0.1) is 0 Å². The number of hydrogen-bond donors (Lipinski definition) is 0. The first kappa shape index (κ1) is 9.59. The van der Waals surface area contributed by atoms with E-state index < -0.39 is 0 Å². The monoisotopic (exact) mass is 168 g/mol. The van der Waals surface area contributed by atoms with Crippen molar-refractivity contribution in [2.75, 3.05) is 26.2 Å². The molecule has 1 atom stereocenters. The van der Waals surface area contributed by atoms with Crippen LogP contribution in [0.15, 0.2) is 12.8 Å². The molecule has 0 radical (unpaired) electrons. The van der Waals surface area contributed by atoms with Gasteiger partial charge in [0.2, 0.25) is 0 Å². The van der Waals surface area contributed by atoms with Crippen LogP contribution in [-0.4, -0.2) is 42.0 Å². The molecule has 2 heteroatoms. The second kappa shape index (κ2) is 4.51. The molecule has 0 saturated carbocycles. The molecule has 0 aromatic rings. The number of rotatable bonds is 3. The van der Waals surface area contributed by atoms with Crippen molar-refractivity contribution in [3.05, 3.63) is 12.8 Å². The first-order valence-electron chi connectivity index (χ1n) is 4.88. The van der Waals surface area contributed by atoms with E-state index in [9.17, 15) is 0 Å². The van der Waals surface area contributed by atoms with Crippen LogP contribution in [0, 0.1) is 0 Å². The molecule has 1 unspecified atom stereocenters. The molecule has 1 heterocycles. The van der Waals surface area contributed by atoms with Crippen molar-refractivity contribution < 1.29 is 0 Å². The van der Waals surface area contributed by atoms with Gasteiger partial charge in [-0.3, -0.25) is 4.90 Å². The van der Waals surface area contributed by atoms with Crippen LogP contribution in [0.4, 0.5) is 0 Å². The Labute approximate surface area is 75.8 Å². The number of hydrogen-bond acceptors (Lipinski definition) is 2. The van der Waals surface area contributed by atoms with Crippen LogP contribution in [0.25, 0.3) is 0 Å². The lowest BCUT2D eigenvalue weighted by Gasteiger charge is -2.37. The molecule has 1 aliphatic heterocycles. The van der Waals surface area contributed by atoms with E-state index in [-0.39, 0.29) is 0 Å². The molecule has 1 rings (SSSR count). The highest BCUT2D eigenvalue weighted by molar-refractivity contribution is 4.80. The lowest BCUT2D eigenvalue weighted by molar-refractivity contribution is 0.128. The third kappa shape index (κ3) is 2.24. The summed E-state index contributed by atoms with van der Waals surface area (Å²) >= 11 is 0. The largest absolute Gasteiger partial charge is 0.375 e. The molecule has 1 saturated heterocycles. The van der Waals surface area contributed by atoms with Gasteiger partial charge in [-0.05, 0) is 19.5 Å². The summed E-state index contributed by atoms with van der Waals surface area (Å²) in [6, 6.07) is 0.747. The molecule has 70 valence electrons. The Balaban J connectivity index is 2.30. The molecule has 1 aliphatic rings. The smallest absolute Gasteiger partial charge is 0.0300 e. The molecule has 12 heavy (non-hydrogen) atoms. The predicted octanol–water partition coefficient (Wildman–Crippen LogP) is 1.55. The Hall–Kier alpha value is -0.500. The van der Waals surface area contributed by atoms with Crippen molar-refractivity contribution in [1.82, 2.24) is 9.80 Å². The second-order valence-corrected chi connectivity index (χ2v) is 3.51. The second-order valence-electron chi connectivity index (χ2n) is 3.51. The summed E-state index contributed by atoms with van der Waals surface area (Å²) < 4.78 is 0. The molecular weight excluding hydrogens is 148 g/mol. The summed E-state index contributed by atoms with van der Waals surface area (Å²) in [5, 5.41) is 0. The summed E-state index contributed by atoms with van der Waals surface area (Å²) in [6.45, 7) is 13.0. The molecule has 0 N–H and O–H groups in total. The Kier molecular flexibility index (Phi) is 3.60. The van der Waals surface area contributed by atoms with Crippen LogP contribution in [0.1, 0.15) is 20.3 Å². The van der Waals surface area contributed by atoms with Gasteiger partial charge in [0.25, 0.3) is 0 Å². The predicted molar refractivity (Wildman–Crippen MR) is 53.1 cm³/mol. The van der Waals surface area contributed by atoms with E-state index in [1.165, 1.54) is 19.5 Å². The van der Waals surface area contributed by atoms with E-state index in [1.807, 2.05) is 6.20 Å². The van der Waals surface area contributed by atoms with Crippen LogP contribution < -0.4 is 0 Å². The fraction of sp³-hybridized carbons (Fsp3) is 0.800. The molecular formula is C10H20N2. The van der Waals surface area contributed by atoms with Gasteiger partial charge in [0, 0.05) is 32.2 Å². The maximum absolute atomic E-state index is 3.78. The van der Waals surface area contributed by atoms with Crippen molar-refractivity contribution in [2.24, 2.45) is 0 Å². The Bertz CT molecular complexity index is 137. The summed E-state index contributed by atoms with van der Waals surface area (Å²) in [6.07, 6.45) is 3.21. The standard InChI is InChI=1S/C10H20N2/c1-4-10(3)12-8-6-11(5-2)7-9-12/h5,10H,2,4,6-9H2,1,3H3. The SMILES string of the molecule is C=CN1CCN(C(C)CC)CC1. The van der Waals surface area contributed by atoms with Gasteiger partial charge >= 0.3 is 0 Å². The summed E-state index contributed by atoms with van der Waals surface area (Å²) in [5.41, 5.74) is 0. The van der Waals surface area contributed by atoms with E-state index in [0.717, 1.165) is 19.1 Å². The Morgan fingerprint density at radius 2 is 1.92 bits per heavy atom. The van der Waals surface area contributed by atoms with Gasteiger partial charge in [0.1, 0.15) is 0 Å². The maximum atomic E-state index is 3.78. The fourth-order valence-corrected chi connectivity index (χ4v) is 1.62. The third-order valence-corrected chi connectivity index (χ3v) is 2.82. The minimum atomic E-state index is 0.747. The first-order chi connectivity index (χ1) is 5.77. The Morgan fingerprint density at radius 3 is 2.33 bits per heavy atom. The molecule has 2 nitrogen and oxygen atoms in total. The minimum Gasteiger partial charge on any atom is -0.375 e. The number of nitrogens with zero attached hydrogens (tertiary/aromatic N) is 2. The topological polar surface area (TPSA) is 6.48 Å². The van der Waals surface area contributed by atoms with Gasteiger partial charge < -0.3 is 4.90 Å². The zero-order valence-electron chi connectivity index (χ0n) is 8.29. The maximum Gasteiger partial charge on any atom is 0.0300 e. The van der Waals surface area contributed by atoms with Crippen molar-refractivity contribution in [1.29, 1.82) is 0 Å². The fourth-order valence-electron chi connectivity index (χ4n) is 1.62. The minimum absolute atomic E-state index is 0.747. The highest BCUT2D eigenvalue weighted by atomic mass is 15.3. The quantitative estimate of drug-likeness (QED) is 0.631. The van der Waals surface area contributed by atoms with Crippen LogP contribution in [0.2, 0.25) is 0 Å². The lowest BCUT2D eigenvalue weighted by Crippen LogP contribution is -2.47. The third-order valence-electron chi connectivity index (χ3n) is 2.82.